The average molecular weight is 520 g/mol. The molecule has 1 N–H and O–H groups in total. The molecule has 4 aromatic rings. The third kappa shape index (κ3) is 3.66. The van der Waals surface area contributed by atoms with Crippen molar-refractivity contribution in [3.05, 3.63) is 99.8 Å². The molecule has 1 aliphatic heterocycles. The number of hydrogen-bond donors (Lipinski definition) is 1. The van der Waals surface area contributed by atoms with Crippen molar-refractivity contribution in [1.82, 2.24) is 0 Å². The fourth-order valence-electron chi connectivity index (χ4n) is 4.20. The second-order valence-electron chi connectivity index (χ2n) is 9.27. The Labute approximate surface area is 204 Å². The molecule has 0 radical (unpaired) electrons. The number of nitrogens with zero attached hydrogens (tertiary/aromatic N) is 1. The first kappa shape index (κ1) is 22.2. The molecule has 0 saturated heterocycles. The Morgan fingerprint density at radius 1 is 1.06 bits per heavy atom. The first-order valence-electron chi connectivity index (χ1n) is 10.8. The molecule has 7 heteroatoms. The molecule has 6 nitrogen and oxygen atoms in total. The number of halogens is 1. The predicted octanol–water partition coefficient (Wildman–Crippen LogP) is 6.87. The highest BCUT2D eigenvalue weighted by molar-refractivity contribution is 9.10. The summed E-state index contributed by atoms with van der Waals surface area (Å²) in [7, 11) is 0. The summed E-state index contributed by atoms with van der Waals surface area (Å²) in [6.45, 7) is 6.31. The van der Waals surface area contributed by atoms with E-state index in [-0.39, 0.29) is 16.7 Å². The monoisotopic (exact) mass is 519 g/mol. The number of rotatable bonds is 4. The highest BCUT2D eigenvalue weighted by Gasteiger charge is 2.46. The van der Waals surface area contributed by atoms with E-state index < -0.39 is 23.5 Å². The molecule has 3 heterocycles. The van der Waals surface area contributed by atoms with Crippen LogP contribution in [0.2, 0.25) is 0 Å². The zero-order valence-corrected chi connectivity index (χ0v) is 20.4. The molecule has 1 unspecified atom stereocenters. The molecule has 2 aromatic heterocycles. The van der Waals surface area contributed by atoms with Crippen molar-refractivity contribution in [1.29, 1.82) is 0 Å². The van der Waals surface area contributed by atoms with Crippen molar-refractivity contribution >= 4 is 44.3 Å². The van der Waals surface area contributed by atoms with Gasteiger partial charge in [0, 0.05) is 15.5 Å². The largest absolute Gasteiger partial charge is 0.503 e. The van der Waals surface area contributed by atoms with Gasteiger partial charge >= 0.3 is 0 Å². The molecule has 34 heavy (non-hydrogen) atoms. The van der Waals surface area contributed by atoms with Gasteiger partial charge in [0.15, 0.2) is 11.5 Å². The van der Waals surface area contributed by atoms with Crippen LogP contribution in [0.15, 0.2) is 91.6 Å². The zero-order valence-electron chi connectivity index (χ0n) is 18.8. The van der Waals surface area contributed by atoms with Crippen LogP contribution in [0.4, 0.5) is 5.69 Å². The van der Waals surface area contributed by atoms with Gasteiger partial charge in [0.2, 0.25) is 5.78 Å². The number of fused-ring (bicyclic) bond motifs is 1. The molecule has 0 saturated carbocycles. The molecule has 2 aromatic carbocycles. The second kappa shape index (κ2) is 8.02. The normalized spacial score (nSPS) is 16.6. The summed E-state index contributed by atoms with van der Waals surface area (Å²) in [5.74, 6) is -1.48. The number of anilines is 1. The summed E-state index contributed by atoms with van der Waals surface area (Å²) in [5.41, 5.74) is 2.02. The SMILES string of the molecule is CC(C)(C)c1ccc(N2C(=O)C(O)=C(C(=O)c3cc4cc(Br)ccc4o3)C2c2ccco2)cc1. The van der Waals surface area contributed by atoms with Gasteiger partial charge in [-0.15, -0.1) is 0 Å². The topological polar surface area (TPSA) is 83.9 Å². The summed E-state index contributed by atoms with van der Waals surface area (Å²) in [6, 6.07) is 16.9. The second-order valence-corrected chi connectivity index (χ2v) is 10.2. The van der Waals surface area contributed by atoms with Crippen LogP contribution in [0.5, 0.6) is 0 Å². The fraction of sp³-hybridized carbons (Fsp3) is 0.185. The molecule has 5 rings (SSSR count). The Balaban J connectivity index is 1.60. The van der Waals surface area contributed by atoms with Crippen molar-refractivity contribution in [3.8, 4) is 0 Å². The van der Waals surface area contributed by atoms with E-state index in [9.17, 15) is 14.7 Å². The Morgan fingerprint density at radius 3 is 2.44 bits per heavy atom. The number of furan rings is 2. The highest BCUT2D eigenvalue weighted by Crippen LogP contribution is 2.43. The van der Waals surface area contributed by atoms with Gasteiger partial charge in [-0.05, 0) is 59.5 Å². The van der Waals surface area contributed by atoms with E-state index in [4.69, 9.17) is 8.83 Å². The molecule has 0 spiro atoms. The number of ketones is 1. The van der Waals surface area contributed by atoms with Crippen LogP contribution in [0.25, 0.3) is 11.0 Å². The molecular weight excluding hydrogens is 498 g/mol. The number of carbonyl (C=O) groups is 2. The summed E-state index contributed by atoms with van der Waals surface area (Å²) >= 11 is 3.41. The summed E-state index contributed by atoms with van der Waals surface area (Å²) < 4.78 is 12.2. The molecule has 0 fully saturated rings. The van der Waals surface area contributed by atoms with Crippen molar-refractivity contribution < 1.29 is 23.5 Å². The molecule has 0 aliphatic carbocycles. The van der Waals surface area contributed by atoms with Gasteiger partial charge in [-0.25, -0.2) is 0 Å². The Kier molecular flexibility index (Phi) is 5.24. The zero-order chi connectivity index (χ0) is 24.2. The van der Waals surface area contributed by atoms with E-state index in [0.29, 0.717) is 17.0 Å². The number of carbonyl (C=O) groups excluding carboxylic acids is 2. The van der Waals surface area contributed by atoms with Gasteiger partial charge in [-0.3, -0.25) is 14.5 Å². The first-order valence-corrected chi connectivity index (χ1v) is 11.6. The van der Waals surface area contributed by atoms with Crippen LogP contribution in [0, 0.1) is 0 Å². The number of benzene rings is 2. The Morgan fingerprint density at radius 2 is 1.79 bits per heavy atom. The van der Waals surface area contributed by atoms with Gasteiger partial charge < -0.3 is 13.9 Å². The van der Waals surface area contributed by atoms with Crippen LogP contribution in [0.3, 0.4) is 0 Å². The summed E-state index contributed by atoms with van der Waals surface area (Å²) in [5, 5.41) is 11.6. The van der Waals surface area contributed by atoms with Crippen molar-refractivity contribution in [2.24, 2.45) is 0 Å². The van der Waals surface area contributed by atoms with E-state index >= 15 is 0 Å². The standard InChI is InChI=1S/C27H22BrNO5/c1-27(2,3)16-6-9-18(10-7-16)29-23(20-5-4-12-33-20)22(25(31)26(29)32)24(30)21-14-15-13-17(28)8-11-19(15)34-21/h4-14,23,31H,1-3H3. The Hall–Kier alpha value is -3.58. The van der Waals surface area contributed by atoms with Crippen LogP contribution >= 0.6 is 15.9 Å². The van der Waals surface area contributed by atoms with Crippen molar-refractivity contribution in [3.63, 3.8) is 0 Å². The van der Waals surface area contributed by atoms with E-state index in [2.05, 4.69) is 36.7 Å². The maximum absolute atomic E-state index is 13.6. The number of hydrogen-bond acceptors (Lipinski definition) is 5. The number of amides is 1. The molecular formula is C27H22BrNO5. The van der Waals surface area contributed by atoms with Gasteiger partial charge in [-0.2, -0.15) is 0 Å². The van der Waals surface area contributed by atoms with Crippen LogP contribution in [-0.4, -0.2) is 16.8 Å². The lowest BCUT2D eigenvalue weighted by molar-refractivity contribution is -0.117. The third-order valence-electron chi connectivity index (χ3n) is 5.98. The first-order chi connectivity index (χ1) is 16.1. The van der Waals surface area contributed by atoms with Crippen LogP contribution in [-0.2, 0) is 10.2 Å². The molecule has 1 amide bonds. The van der Waals surface area contributed by atoms with Gasteiger partial charge in [-0.1, -0.05) is 48.8 Å². The van der Waals surface area contributed by atoms with Gasteiger partial charge in [0.1, 0.15) is 17.4 Å². The summed E-state index contributed by atoms with van der Waals surface area (Å²) in [6.07, 6.45) is 1.47. The summed E-state index contributed by atoms with van der Waals surface area (Å²) in [4.78, 5) is 28.2. The fourth-order valence-corrected chi connectivity index (χ4v) is 4.58. The van der Waals surface area contributed by atoms with Crippen LogP contribution < -0.4 is 4.90 Å². The van der Waals surface area contributed by atoms with E-state index in [0.717, 1.165) is 15.4 Å². The minimum atomic E-state index is -0.935. The maximum atomic E-state index is 13.6. The molecule has 1 atom stereocenters. The van der Waals surface area contributed by atoms with Crippen molar-refractivity contribution in [2.75, 3.05) is 4.90 Å². The number of aliphatic hydroxyl groups excluding tert-OH is 1. The molecule has 1 aliphatic rings. The quantitative estimate of drug-likeness (QED) is 0.297. The third-order valence-corrected chi connectivity index (χ3v) is 6.47. The van der Waals surface area contributed by atoms with E-state index in [1.54, 1.807) is 24.3 Å². The van der Waals surface area contributed by atoms with E-state index in [1.165, 1.54) is 11.2 Å². The van der Waals surface area contributed by atoms with Crippen LogP contribution in [0.1, 0.15) is 48.7 Å². The smallest absolute Gasteiger partial charge is 0.294 e. The van der Waals surface area contributed by atoms with E-state index in [1.807, 2.05) is 36.4 Å². The number of Topliss-reactive ketones (excluding diaryl/α,β-unsaturated/α-hetero) is 1. The Bertz CT molecular complexity index is 1440. The van der Waals surface area contributed by atoms with Gasteiger partial charge in [0.05, 0.1) is 11.8 Å². The lowest BCUT2D eigenvalue weighted by atomic mass is 9.87. The van der Waals surface area contributed by atoms with Crippen molar-refractivity contribution in [2.45, 2.75) is 32.2 Å². The minimum absolute atomic E-state index is 0.0314. The average Bonchev–Trinajstić information content (AvgIpc) is 3.52. The molecule has 0 bridgehead atoms. The lowest BCUT2D eigenvalue weighted by Gasteiger charge is -2.26. The van der Waals surface area contributed by atoms with Gasteiger partial charge in [0.25, 0.3) is 5.91 Å². The highest BCUT2D eigenvalue weighted by atomic mass is 79.9. The minimum Gasteiger partial charge on any atom is -0.503 e. The lowest BCUT2D eigenvalue weighted by Crippen LogP contribution is -2.30. The molecule has 172 valence electrons. The predicted molar refractivity (Wildman–Crippen MR) is 132 cm³/mol. The maximum Gasteiger partial charge on any atom is 0.294 e. The number of aliphatic hydroxyl groups is 1.